The number of hydrogen-bond donors (Lipinski definition) is 4. The SMILES string of the molecule is O=[N+]([O-])c1c(Cl)c(Cl)cc2c1Nc1c(O)nnc(O)c1N2. The molecule has 2 heterocycles. The van der Waals surface area contributed by atoms with Crippen molar-refractivity contribution in [2.24, 2.45) is 0 Å². The van der Waals surface area contributed by atoms with Gasteiger partial charge in [0.1, 0.15) is 22.1 Å². The lowest BCUT2D eigenvalue weighted by Crippen LogP contribution is -2.10. The summed E-state index contributed by atoms with van der Waals surface area (Å²) in [4.78, 5) is 10.5. The summed E-state index contributed by atoms with van der Waals surface area (Å²) < 4.78 is 0. The van der Waals surface area contributed by atoms with Gasteiger partial charge in [-0.15, -0.1) is 10.2 Å². The van der Waals surface area contributed by atoms with Gasteiger partial charge in [-0.05, 0) is 6.07 Å². The number of aromatic nitrogens is 2. The minimum Gasteiger partial charge on any atom is -0.491 e. The number of fused-ring (bicyclic) bond motifs is 2. The van der Waals surface area contributed by atoms with Crippen molar-refractivity contribution < 1.29 is 15.1 Å². The van der Waals surface area contributed by atoms with Gasteiger partial charge in [0.25, 0.3) is 11.8 Å². The zero-order chi connectivity index (χ0) is 15.3. The number of hydrogen-bond acceptors (Lipinski definition) is 8. The molecule has 0 radical (unpaired) electrons. The second-order valence-corrected chi connectivity index (χ2v) is 4.83. The van der Waals surface area contributed by atoms with Crippen LogP contribution in [0.4, 0.5) is 28.4 Å². The number of anilines is 4. The second kappa shape index (κ2) is 4.50. The number of nitrogens with one attached hydrogen (secondary N) is 2. The Hall–Kier alpha value is -2.52. The molecule has 4 N–H and O–H groups in total. The van der Waals surface area contributed by atoms with Crippen molar-refractivity contribution in [3.8, 4) is 11.8 Å². The molecule has 1 aromatic heterocycles. The zero-order valence-corrected chi connectivity index (χ0v) is 11.4. The molecule has 0 saturated carbocycles. The Morgan fingerprint density at radius 2 is 1.67 bits per heavy atom. The minimum absolute atomic E-state index is 0.00963. The fourth-order valence-electron chi connectivity index (χ4n) is 1.92. The molecule has 108 valence electrons. The van der Waals surface area contributed by atoms with Crippen molar-refractivity contribution >= 4 is 51.6 Å². The molecule has 0 bridgehead atoms. The number of nitro benzene ring substituents is 1. The lowest BCUT2D eigenvalue weighted by Gasteiger charge is -2.23. The van der Waals surface area contributed by atoms with Crippen LogP contribution < -0.4 is 10.6 Å². The van der Waals surface area contributed by atoms with Crippen LogP contribution in [0.3, 0.4) is 0 Å². The number of rotatable bonds is 1. The molecular formula is C10H5Cl2N5O4. The third kappa shape index (κ3) is 1.94. The predicted octanol–water partition coefficient (Wildman–Crippen LogP) is 2.90. The average molecular weight is 330 g/mol. The highest BCUT2D eigenvalue weighted by molar-refractivity contribution is 6.44. The molecule has 0 aliphatic carbocycles. The van der Waals surface area contributed by atoms with Gasteiger partial charge in [-0.2, -0.15) is 0 Å². The van der Waals surface area contributed by atoms with E-state index < -0.39 is 22.4 Å². The van der Waals surface area contributed by atoms with E-state index in [-0.39, 0.29) is 32.8 Å². The smallest absolute Gasteiger partial charge is 0.314 e. The van der Waals surface area contributed by atoms with Gasteiger partial charge in [-0.25, -0.2) is 0 Å². The molecule has 0 saturated heterocycles. The van der Waals surface area contributed by atoms with Crippen LogP contribution in [0.15, 0.2) is 6.07 Å². The maximum Gasteiger partial charge on any atom is 0.314 e. The van der Waals surface area contributed by atoms with Gasteiger partial charge in [0, 0.05) is 0 Å². The maximum atomic E-state index is 11.2. The van der Waals surface area contributed by atoms with Crippen molar-refractivity contribution in [1.82, 2.24) is 10.2 Å². The van der Waals surface area contributed by atoms with E-state index in [0.29, 0.717) is 0 Å². The van der Waals surface area contributed by atoms with E-state index >= 15 is 0 Å². The highest BCUT2D eigenvalue weighted by Crippen LogP contribution is 2.52. The molecule has 1 aliphatic rings. The molecule has 0 spiro atoms. The molecule has 1 aromatic carbocycles. The van der Waals surface area contributed by atoms with Crippen molar-refractivity contribution in [3.63, 3.8) is 0 Å². The van der Waals surface area contributed by atoms with Crippen LogP contribution in [-0.4, -0.2) is 25.3 Å². The van der Waals surface area contributed by atoms with E-state index in [1.165, 1.54) is 6.07 Å². The molecule has 0 atom stereocenters. The number of benzene rings is 1. The third-order valence-electron chi connectivity index (χ3n) is 2.82. The van der Waals surface area contributed by atoms with Gasteiger partial charge in [0.15, 0.2) is 0 Å². The first-order valence-electron chi connectivity index (χ1n) is 5.39. The first-order valence-corrected chi connectivity index (χ1v) is 6.14. The van der Waals surface area contributed by atoms with Gasteiger partial charge < -0.3 is 20.8 Å². The second-order valence-electron chi connectivity index (χ2n) is 4.05. The minimum atomic E-state index is -0.710. The zero-order valence-electron chi connectivity index (χ0n) is 9.89. The van der Waals surface area contributed by atoms with Crippen LogP contribution >= 0.6 is 23.2 Å². The average Bonchev–Trinajstić information content (AvgIpc) is 2.43. The molecule has 2 aromatic rings. The third-order valence-corrected chi connectivity index (χ3v) is 3.60. The summed E-state index contributed by atoms with van der Waals surface area (Å²) in [5, 5.41) is 42.1. The molecule has 9 nitrogen and oxygen atoms in total. The van der Waals surface area contributed by atoms with Gasteiger partial charge in [-0.1, -0.05) is 23.2 Å². The van der Waals surface area contributed by atoms with E-state index in [4.69, 9.17) is 23.2 Å². The lowest BCUT2D eigenvalue weighted by atomic mass is 10.1. The number of aromatic hydroxyl groups is 2. The highest BCUT2D eigenvalue weighted by atomic mass is 35.5. The summed E-state index contributed by atoms with van der Waals surface area (Å²) in [7, 11) is 0. The summed E-state index contributed by atoms with van der Waals surface area (Å²) in [6, 6.07) is 1.35. The summed E-state index contributed by atoms with van der Waals surface area (Å²) in [5.41, 5.74) is -0.317. The number of nitro groups is 1. The Kier molecular flexibility index (Phi) is 2.88. The fraction of sp³-hybridized carbons (Fsp3) is 0. The van der Waals surface area contributed by atoms with Crippen LogP contribution in [0, 0.1) is 10.1 Å². The van der Waals surface area contributed by atoms with E-state index in [1.807, 2.05) is 0 Å². The van der Waals surface area contributed by atoms with Crippen molar-refractivity contribution in [2.75, 3.05) is 10.6 Å². The molecule has 21 heavy (non-hydrogen) atoms. The van der Waals surface area contributed by atoms with E-state index in [0.717, 1.165) is 0 Å². The van der Waals surface area contributed by atoms with Crippen LogP contribution in [0.2, 0.25) is 10.0 Å². The molecule has 11 heteroatoms. The lowest BCUT2D eigenvalue weighted by molar-refractivity contribution is -0.383. The summed E-state index contributed by atoms with van der Waals surface area (Å²) in [5.74, 6) is -1.03. The Bertz CT molecular complexity index is 798. The van der Waals surface area contributed by atoms with E-state index in [9.17, 15) is 20.3 Å². The van der Waals surface area contributed by atoms with Gasteiger partial charge in [0.05, 0.1) is 15.6 Å². The van der Waals surface area contributed by atoms with Crippen molar-refractivity contribution in [1.29, 1.82) is 0 Å². The fourth-order valence-corrected chi connectivity index (χ4v) is 2.34. The van der Waals surface area contributed by atoms with Crippen molar-refractivity contribution in [2.45, 2.75) is 0 Å². The summed E-state index contributed by atoms with van der Waals surface area (Å²) in [6.45, 7) is 0. The standard InChI is InChI=1S/C10H5Cl2N5O4/c11-2-1-3-5(8(4(2)12)17(20)21)14-7-6(13-3)9(18)15-16-10(7)19/h1,13-14H,(H,15,18)(H,16,19). The van der Waals surface area contributed by atoms with Crippen LogP contribution in [0.1, 0.15) is 0 Å². The summed E-state index contributed by atoms with van der Waals surface area (Å²) >= 11 is 11.7. The molecule has 0 unspecified atom stereocenters. The maximum absolute atomic E-state index is 11.2. The topological polar surface area (TPSA) is 133 Å². The Morgan fingerprint density at radius 1 is 1.10 bits per heavy atom. The Labute approximate surface area is 126 Å². The van der Waals surface area contributed by atoms with E-state index in [2.05, 4.69) is 20.8 Å². The molecule has 3 rings (SSSR count). The van der Waals surface area contributed by atoms with Gasteiger partial charge in [0.2, 0.25) is 0 Å². The first-order chi connectivity index (χ1) is 9.90. The molecular weight excluding hydrogens is 325 g/mol. The molecule has 0 amide bonds. The molecule has 0 fully saturated rings. The molecule has 1 aliphatic heterocycles. The first kappa shape index (κ1) is 13.5. The van der Waals surface area contributed by atoms with Gasteiger partial charge >= 0.3 is 5.69 Å². The quantitative estimate of drug-likeness (QED) is 0.395. The van der Waals surface area contributed by atoms with Gasteiger partial charge in [-0.3, -0.25) is 10.1 Å². The number of halogens is 2. The number of nitrogens with zero attached hydrogens (tertiary/aromatic N) is 3. The monoisotopic (exact) mass is 329 g/mol. The Balaban J connectivity index is 2.27. The van der Waals surface area contributed by atoms with Crippen LogP contribution in [0.5, 0.6) is 11.8 Å². The highest BCUT2D eigenvalue weighted by Gasteiger charge is 2.32. The largest absolute Gasteiger partial charge is 0.491 e. The van der Waals surface area contributed by atoms with Crippen LogP contribution in [0.25, 0.3) is 0 Å². The Morgan fingerprint density at radius 3 is 2.24 bits per heavy atom. The van der Waals surface area contributed by atoms with Crippen LogP contribution in [-0.2, 0) is 0 Å². The predicted molar refractivity (Wildman–Crippen MR) is 75.0 cm³/mol. The van der Waals surface area contributed by atoms with E-state index in [1.54, 1.807) is 0 Å². The van der Waals surface area contributed by atoms with Crippen molar-refractivity contribution in [3.05, 3.63) is 26.2 Å². The normalized spacial score (nSPS) is 11.9. The summed E-state index contributed by atoms with van der Waals surface area (Å²) in [6.07, 6.45) is 0.